The molecule has 0 spiro atoms. The fourth-order valence-electron chi connectivity index (χ4n) is 2.64. The van der Waals surface area contributed by atoms with Crippen molar-refractivity contribution >= 4 is 29.4 Å². The molecule has 9 heteroatoms. The number of hydrogen-bond donors (Lipinski definition) is 1. The maximum Gasteiger partial charge on any atom is 0.217 e. The Balaban J connectivity index is 2.16. The summed E-state index contributed by atoms with van der Waals surface area (Å²) in [5.41, 5.74) is 0.429. The van der Waals surface area contributed by atoms with E-state index in [-0.39, 0.29) is 18.0 Å². The molecular weight excluding hydrogens is 398 g/mol. The highest BCUT2D eigenvalue weighted by Crippen LogP contribution is 2.35. The maximum atomic E-state index is 12.8. The Labute approximate surface area is 172 Å². The summed E-state index contributed by atoms with van der Waals surface area (Å²) < 4.78 is 15.8. The number of thioether (sulfide) groups is 1. The lowest BCUT2D eigenvalue weighted by Crippen LogP contribution is -2.48. The second-order valence-corrected chi connectivity index (χ2v) is 7.34. The van der Waals surface area contributed by atoms with E-state index in [1.807, 2.05) is 0 Å². The van der Waals surface area contributed by atoms with Gasteiger partial charge in [-0.1, -0.05) is 0 Å². The molecule has 1 N–H and O–H groups in total. The van der Waals surface area contributed by atoms with Gasteiger partial charge in [0.15, 0.2) is 17.3 Å². The summed E-state index contributed by atoms with van der Waals surface area (Å²) in [6.07, 6.45) is 1.54. The number of hydrogen-bond acceptors (Lipinski definition) is 8. The predicted octanol–water partition coefficient (Wildman–Crippen LogP) is 1.60. The molecule has 2 atom stereocenters. The molecule has 2 aromatic rings. The van der Waals surface area contributed by atoms with Crippen LogP contribution >= 0.6 is 11.8 Å². The normalized spacial score (nSPS) is 12.7. The summed E-state index contributed by atoms with van der Waals surface area (Å²) in [5, 5.41) is 13.1. The third-order valence-corrected chi connectivity index (χ3v) is 5.39. The number of furan rings is 1. The number of carbonyl (C=O) groups excluding carboxylic acids is 3. The summed E-state index contributed by atoms with van der Waals surface area (Å²) in [7, 11) is 2.99. The van der Waals surface area contributed by atoms with E-state index in [0.29, 0.717) is 22.8 Å². The lowest BCUT2D eigenvalue weighted by atomic mass is 10.0. The van der Waals surface area contributed by atoms with Gasteiger partial charge in [-0.25, -0.2) is 0 Å². The Bertz CT molecular complexity index is 851. The number of amides is 1. The highest BCUT2D eigenvalue weighted by atomic mass is 32.2. The first kappa shape index (κ1) is 22.4. The van der Waals surface area contributed by atoms with Gasteiger partial charge in [0.05, 0.1) is 37.7 Å². The van der Waals surface area contributed by atoms with Gasteiger partial charge >= 0.3 is 0 Å². The molecule has 0 unspecified atom stereocenters. The first-order valence-corrected chi connectivity index (χ1v) is 9.78. The summed E-state index contributed by atoms with van der Waals surface area (Å²) in [5.74, 6) is -0.552. The van der Waals surface area contributed by atoms with E-state index in [9.17, 15) is 19.5 Å². The molecule has 1 heterocycles. The monoisotopic (exact) mass is 420 g/mol. The van der Waals surface area contributed by atoms with E-state index in [1.165, 1.54) is 39.2 Å². The SMILES string of the molecule is COc1ccc(C(=O)C[C@H](SC[C@@H](NC(C)=O)C(=O)[O-])c2ccco2)cc1OC. The number of ether oxygens (including phenoxy) is 2. The number of ketones is 1. The largest absolute Gasteiger partial charge is 0.548 e. The van der Waals surface area contributed by atoms with E-state index in [0.717, 1.165) is 0 Å². The standard InChI is InChI=1S/C20H23NO7S/c1-12(22)21-14(20(24)25)11-29-19(17-5-4-8-28-17)10-15(23)13-6-7-16(26-2)18(9-13)27-3/h4-9,14,19H,10-11H2,1-3H3,(H,21,22)(H,24,25)/p-1/t14-,19+/m1/s1. The van der Waals surface area contributed by atoms with E-state index in [2.05, 4.69) is 5.32 Å². The second kappa shape index (κ2) is 10.6. The van der Waals surface area contributed by atoms with Crippen LogP contribution in [0.4, 0.5) is 0 Å². The zero-order chi connectivity index (χ0) is 21.4. The average molecular weight is 420 g/mol. The van der Waals surface area contributed by atoms with E-state index in [1.54, 1.807) is 30.3 Å². The van der Waals surface area contributed by atoms with Gasteiger partial charge in [0, 0.05) is 24.7 Å². The van der Waals surface area contributed by atoms with Gasteiger partial charge in [-0.2, -0.15) is 0 Å². The van der Waals surface area contributed by atoms with Gasteiger partial charge in [-0.3, -0.25) is 9.59 Å². The number of aliphatic carboxylic acids is 1. The van der Waals surface area contributed by atoms with Crippen molar-refractivity contribution in [2.45, 2.75) is 24.6 Å². The molecule has 0 aliphatic rings. The lowest BCUT2D eigenvalue weighted by Gasteiger charge is -2.21. The first-order valence-electron chi connectivity index (χ1n) is 8.73. The third-order valence-electron chi connectivity index (χ3n) is 4.06. The minimum atomic E-state index is -1.39. The summed E-state index contributed by atoms with van der Waals surface area (Å²) in [4.78, 5) is 35.3. The minimum absolute atomic E-state index is 0.0203. The van der Waals surface area contributed by atoms with Gasteiger partial charge in [0.25, 0.3) is 0 Å². The molecule has 8 nitrogen and oxygen atoms in total. The zero-order valence-electron chi connectivity index (χ0n) is 16.3. The van der Waals surface area contributed by atoms with Crippen LogP contribution in [0.3, 0.4) is 0 Å². The van der Waals surface area contributed by atoms with E-state index in [4.69, 9.17) is 13.9 Å². The van der Waals surface area contributed by atoms with E-state index >= 15 is 0 Å². The molecule has 156 valence electrons. The molecule has 0 fully saturated rings. The quantitative estimate of drug-likeness (QED) is 0.545. The lowest BCUT2D eigenvalue weighted by molar-refractivity contribution is -0.307. The fourth-order valence-corrected chi connectivity index (χ4v) is 3.85. The van der Waals surface area contributed by atoms with Crippen molar-refractivity contribution in [3.8, 4) is 11.5 Å². The predicted molar refractivity (Wildman–Crippen MR) is 105 cm³/mol. The highest BCUT2D eigenvalue weighted by Gasteiger charge is 2.23. The van der Waals surface area contributed by atoms with Gasteiger partial charge in [0.1, 0.15) is 5.76 Å². The zero-order valence-corrected chi connectivity index (χ0v) is 17.1. The third kappa shape index (κ3) is 6.28. The Morgan fingerprint density at radius 3 is 2.45 bits per heavy atom. The van der Waals surface area contributed by atoms with Crippen LogP contribution in [0.25, 0.3) is 0 Å². The van der Waals surface area contributed by atoms with Crippen LogP contribution in [-0.2, 0) is 9.59 Å². The fraction of sp³-hybridized carbons (Fsp3) is 0.350. The molecule has 1 aromatic carbocycles. The maximum absolute atomic E-state index is 12.8. The number of benzene rings is 1. The van der Waals surface area contributed by atoms with Crippen LogP contribution in [0.5, 0.6) is 11.5 Å². The number of carboxylic acids is 1. The minimum Gasteiger partial charge on any atom is -0.548 e. The van der Waals surface area contributed by atoms with Crippen molar-refractivity contribution in [3.63, 3.8) is 0 Å². The molecule has 0 aliphatic heterocycles. The van der Waals surface area contributed by atoms with Crippen LogP contribution in [0.2, 0.25) is 0 Å². The van der Waals surface area contributed by atoms with Gasteiger partial charge < -0.3 is 29.1 Å². The van der Waals surface area contributed by atoms with Crippen LogP contribution in [0.1, 0.15) is 34.7 Å². The summed E-state index contributed by atoms with van der Waals surface area (Å²) >= 11 is 1.19. The van der Waals surface area contributed by atoms with Gasteiger partial charge in [-0.05, 0) is 30.3 Å². The Hall–Kier alpha value is -2.94. The Morgan fingerprint density at radius 1 is 1.17 bits per heavy atom. The van der Waals surface area contributed by atoms with Crippen molar-refractivity contribution in [2.75, 3.05) is 20.0 Å². The molecule has 1 aromatic heterocycles. The summed E-state index contributed by atoms with van der Waals surface area (Å²) in [6.45, 7) is 1.23. The molecule has 0 saturated heterocycles. The van der Waals surface area contributed by atoms with E-state index < -0.39 is 23.2 Å². The van der Waals surface area contributed by atoms with Crippen LogP contribution < -0.4 is 19.9 Å². The number of carboxylic acid groups (broad SMARTS) is 1. The van der Waals surface area contributed by atoms with Crippen molar-refractivity contribution in [1.82, 2.24) is 5.32 Å². The van der Waals surface area contributed by atoms with Gasteiger partial charge in [0.2, 0.25) is 5.91 Å². The molecule has 0 saturated carbocycles. The smallest absolute Gasteiger partial charge is 0.217 e. The first-order chi connectivity index (χ1) is 13.8. The van der Waals surface area contributed by atoms with Crippen LogP contribution in [0, 0.1) is 0 Å². The Kier molecular flexibility index (Phi) is 8.14. The number of Topliss-reactive ketones (excluding diaryl/α,β-unsaturated/α-hetero) is 1. The van der Waals surface area contributed by atoms with Crippen molar-refractivity contribution in [2.24, 2.45) is 0 Å². The Morgan fingerprint density at radius 2 is 1.90 bits per heavy atom. The second-order valence-electron chi connectivity index (χ2n) is 6.11. The molecule has 29 heavy (non-hydrogen) atoms. The molecule has 0 bridgehead atoms. The molecule has 1 amide bonds. The molecule has 0 radical (unpaired) electrons. The number of methoxy groups -OCH3 is 2. The highest BCUT2D eigenvalue weighted by molar-refractivity contribution is 7.99. The number of rotatable bonds is 11. The van der Waals surface area contributed by atoms with Gasteiger partial charge in [-0.15, -0.1) is 11.8 Å². The van der Waals surface area contributed by atoms with Crippen LogP contribution in [0.15, 0.2) is 41.0 Å². The van der Waals surface area contributed by atoms with Crippen molar-refractivity contribution < 1.29 is 33.4 Å². The number of nitrogens with one attached hydrogen (secondary N) is 1. The van der Waals surface area contributed by atoms with Crippen LogP contribution in [-0.4, -0.2) is 43.7 Å². The average Bonchev–Trinajstić information content (AvgIpc) is 3.23. The topological polar surface area (TPSA) is 118 Å². The van der Waals surface area contributed by atoms with Crippen molar-refractivity contribution in [1.29, 1.82) is 0 Å². The molecular formula is C20H22NO7S-. The summed E-state index contributed by atoms with van der Waals surface area (Å²) in [6, 6.07) is 7.09. The molecule has 2 rings (SSSR count). The molecule has 0 aliphatic carbocycles. The van der Waals surface area contributed by atoms with Crippen molar-refractivity contribution in [3.05, 3.63) is 47.9 Å². The number of carbonyl (C=O) groups is 3.